The SMILES string of the molecule is CCCc1nc(C(C)(C)O)c(CNC(=O)C(S)CC(C)C)n1Cc1ccc(-c2ccccc2C(=O)O)cc1F. The summed E-state index contributed by atoms with van der Waals surface area (Å²) in [6.45, 7) is 9.57. The van der Waals surface area contributed by atoms with Gasteiger partial charge in [-0.25, -0.2) is 14.2 Å². The monoisotopic (exact) mass is 555 g/mol. The number of thiol groups is 1. The van der Waals surface area contributed by atoms with Gasteiger partial charge in [0.2, 0.25) is 5.91 Å². The summed E-state index contributed by atoms with van der Waals surface area (Å²) in [7, 11) is 0. The van der Waals surface area contributed by atoms with E-state index in [4.69, 9.17) is 4.98 Å². The van der Waals surface area contributed by atoms with Crippen LogP contribution in [0.15, 0.2) is 42.5 Å². The number of amides is 1. The molecule has 0 aliphatic rings. The van der Waals surface area contributed by atoms with Crippen molar-refractivity contribution in [3.8, 4) is 11.1 Å². The number of benzene rings is 2. The van der Waals surface area contributed by atoms with Gasteiger partial charge >= 0.3 is 5.97 Å². The number of nitrogens with zero attached hydrogens (tertiary/aromatic N) is 2. The van der Waals surface area contributed by atoms with Gasteiger partial charge in [-0.05, 0) is 55.9 Å². The number of aromatic carboxylic acids is 1. The topological polar surface area (TPSA) is 104 Å². The minimum Gasteiger partial charge on any atom is -0.478 e. The lowest BCUT2D eigenvalue weighted by atomic mass is 9.98. The molecule has 0 saturated heterocycles. The van der Waals surface area contributed by atoms with Crippen molar-refractivity contribution in [2.45, 2.75) is 77.8 Å². The third-order valence-electron chi connectivity index (χ3n) is 6.48. The molecule has 1 unspecified atom stereocenters. The molecule has 0 spiro atoms. The molecule has 3 aromatic rings. The van der Waals surface area contributed by atoms with Crippen LogP contribution in [0.1, 0.15) is 80.6 Å². The van der Waals surface area contributed by atoms with Crippen molar-refractivity contribution < 1.29 is 24.2 Å². The average Bonchev–Trinajstić information content (AvgIpc) is 3.20. The maximum atomic E-state index is 15.5. The third-order valence-corrected chi connectivity index (χ3v) is 6.93. The van der Waals surface area contributed by atoms with Crippen LogP contribution in [-0.2, 0) is 29.9 Å². The Morgan fingerprint density at radius 1 is 1.18 bits per heavy atom. The standard InChI is InChI=1S/C30H38FN3O4S/c1-6-9-26-33-27(30(4,5)38)24(16-32-28(35)25(39)14-18(2)3)34(26)17-20-13-12-19(15-23(20)31)21-10-7-8-11-22(21)29(36)37/h7-8,10-13,15,18,25,38-39H,6,9,14,16-17H2,1-5H3,(H,32,35)(H,36,37). The molecule has 1 heterocycles. The first kappa shape index (κ1) is 30.4. The van der Waals surface area contributed by atoms with Gasteiger partial charge in [-0.1, -0.05) is 51.1 Å². The molecule has 0 aliphatic carbocycles. The van der Waals surface area contributed by atoms with Crippen molar-refractivity contribution in [2.24, 2.45) is 5.92 Å². The Morgan fingerprint density at radius 2 is 1.87 bits per heavy atom. The number of imidazole rings is 1. The van der Waals surface area contributed by atoms with Crippen LogP contribution in [0.2, 0.25) is 0 Å². The van der Waals surface area contributed by atoms with Crippen LogP contribution in [0.3, 0.4) is 0 Å². The van der Waals surface area contributed by atoms with Gasteiger partial charge in [-0.15, -0.1) is 0 Å². The van der Waals surface area contributed by atoms with Gasteiger partial charge in [0.1, 0.15) is 17.2 Å². The zero-order valence-electron chi connectivity index (χ0n) is 23.2. The zero-order chi connectivity index (χ0) is 28.9. The van der Waals surface area contributed by atoms with Crippen LogP contribution >= 0.6 is 12.6 Å². The van der Waals surface area contributed by atoms with Gasteiger partial charge in [0.05, 0.1) is 35.3 Å². The maximum Gasteiger partial charge on any atom is 0.336 e. The van der Waals surface area contributed by atoms with Crippen LogP contribution in [0.25, 0.3) is 11.1 Å². The fraction of sp³-hybridized carbons (Fsp3) is 0.433. The molecule has 3 rings (SSSR count). The second-order valence-corrected chi connectivity index (χ2v) is 11.4. The van der Waals surface area contributed by atoms with E-state index in [0.29, 0.717) is 52.7 Å². The normalized spacial score (nSPS) is 12.5. The Labute approximate surface area is 234 Å². The number of carbonyl (C=O) groups is 2. The van der Waals surface area contributed by atoms with Crippen molar-refractivity contribution in [1.29, 1.82) is 0 Å². The molecule has 7 nitrogen and oxygen atoms in total. The number of aliphatic hydroxyl groups is 1. The summed E-state index contributed by atoms with van der Waals surface area (Å²) in [4.78, 5) is 29.1. The highest BCUT2D eigenvalue weighted by atomic mass is 32.1. The summed E-state index contributed by atoms with van der Waals surface area (Å²) >= 11 is 4.44. The molecule has 9 heteroatoms. The molecule has 39 heavy (non-hydrogen) atoms. The molecule has 1 aromatic heterocycles. The molecule has 0 fully saturated rings. The molecule has 3 N–H and O–H groups in total. The van der Waals surface area contributed by atoms with Crippen LogP contribution < -0.4 is 5.32 Å². The number of carboxylic acids is 1. The number of aromatic nitrogens is 2. The summed E-state index contributed by atoms with van der Waals surface area (Å²) in [5.74, 6) is -0.800. The van der Waals surface area contributed by atoms with Crippen LogP contribution in [-0.4, -0.2) is 36.9 Å². The van der Waals surface area contributed by atoms with E-state index < -0.39 is 22.6 Å². The van der Waals surface area contributed by atoms with E-state index in [-0.39, 0.29) is 24.6 Å². The highest BCUT2D eigenvalue weighted by Crippen LogP contribution is 2.29. The van der Waals surface area contributed by atoms with Crippen molar-refractivity contribution in [2.75, 3.05) is 0 Å². The van der Waals surface area contributed by atoms with Gasteiger partial charge in [0.25, 0.3) is 0 Å². The Morgan fingerprint density at radius 3 is 2.46 bits per heavy atom. The largest absolute Gasteiger partial charge is 0.478 e. The highest BCUT2D eigenvalue weighted by Gasteiger charge is 2.29. The van der Waals surface area contributed by atoms with Gasteiger partial charge in [-0.3, -0.25) is 4.79 Å². The second-order valence-electron chi connectivity index (χ2n) is 10.7. The van der Waals surface area contributed by atoms with Crippen molar-refractivity contribution >= 4 is 24.5 Å². The number of rotatable bonds is 12. The van der Waals surface area contributed by atoms with Gasteiger partial charge < -0.3 is 20.1 Å². The Hall–Kier alpha value is -3.17. The summed E-state index contributed by atoms with van der Waals surface area (Å²) in [6, 6.07) is 11.2. The molecule has 1 amide bonds. The Balaban J connectivity index is 2.00. The fourth-order valence-electron chi connectivity index (χ4n) is 4.58. The summed E-state index contributed by atoms with van der Waals surface area (Å²) in [5, 5.41) is 22.9. The van der Waals surface area contributed by atoms with Crippen molar-refractivity contribution in [1.82, 2.24) is 14.9 Å². The number of hydrogen-bond acceptors (Lipinski definition) is 5. The Bertz CT molecular complexity index is 1330. The van der Waals surface area contributed by atoms with Crippen molar-refractivity contribution in [3.63, 3.8) is 0 Å². The molecule has 0 aliphatic heterocycles. The van der Waals surface area contributed by atoms with E-state index in [9.17, 15) is 19.8 Å². The number of hydrogen-bond donors (Lipinski definition) is 4. The number of halogens is 1. The number of carbonyl (C=O) groups excluding carboxylic acids is 1. The van der Waals surface area contributed by atoms with Gasteiger partial charge in [0, 0.05) is 12.0 Å². The lowest BCUT2D eigenvalue weighted by molar-refractivity contribution is -0.121. The molecule has 210 valence electrons. The number of nitrogens with one attached hydrogen (secondary N) is 1. The molecular formula is C30H38FN3O4S. The molecule has 1 atom stereocenters. The van der Waals surface area contributed by atoms with E-state index in [1.165, 1.54) is 12.1 Å². The van der Waals surface area contributed by atoms with E-state index in [1.807, 2.05) is 25.3 Å². The first-order valence-electron chi connectivity index (χ1n) is 13.2. The smallest absolute Gasteiger partial charge is 0.336 e. The minimum absolute atomic E-state index is 0.0947. The van der Waals surface area contributed by atoms with E-state index in [0.717, 1.165) is 6.42 Å². The van der Waals surface area contributed by atoms with Crippen LogP contribution in [0.5, 0.6) is 0 Å². The van der Waals surface area contributed by atoms with Gasteiger partial charge in [-0.2, -0.15) is 12.6 Å². The van der Waals surface area contributed by atoms with Crippen molar-refractivity contribution in [3.05, 3.63) is 76.6 Å². The lowest BCUT2D eigenvalue weighted by Gasteiger charge is -2.20. The molecule has 0 radical (unpaired) electrons. The first-order chi connectivity index (χ1) is 18.3. The fourth-order valence-corrected chi connectivity index (χ4v) is 5.10. The van der Waals surface area contributed by atoms with E-state index >= 15 is 4.39 Å². The molecule has 0 saturated carbocycles. The van der Waals surface area contributed by atoms with E-state index in [1.54, 1.807) is 44.2 Å². The minimum atomic E-state index is -1.28. The summed E-state index contributed by atoms with van der Waals surface area (Å²) in [6.07, 6.45) is 2.01. The van der Waals surface area contributed by atoms with Crippen LogP contribution in [0, 0.1) is 11.7 Å². The molecule has 2 aromatic carbocycles. The number of carboxylic acid groups (broad SMARTS) is 1. The third kappa shape index (κ3) is 7.48. The lowest BCUT2D eigenvalue weighted by Crippen LogP contribution is -2.33. The maximum absolute atomic E-state index is 15.5. The molecule has 0 bridgehead atoms. The number of aryl methyl sites for hydroxylation is 1. The van der Waals surface area contributed by atoms with Gasteiger partial charge in [0.15, 0.2) is 0 Å². The highest BCUT2D eigenvalue weighted by molar-refractivity contribution is 7.81. The zero-order valence-corrected chi connectivity index (χ0v) is 24.1. The summed E-state index contributed by atoms with van der Waals surface area (Å²) in [5.41, 5.74) is 1.11. The average molecular weight is 556 g/mol. The second kappa shape index (κ2) is 12.8. The van der Waals surface area contributed by atoms with E-state index in [2.05, 4.69) is 17.9 Å². The molecular weight excluding hydrogens is 517 g/mol. The predicted molar refractivity (Wildman–Crippen MR) is 153 cm³/mol. The first-order valence-corrected chi connectivity index (χ1v) is 13.7. The van der Waals surface area contributed by atoms with Crippen LogP contribution in [0.4, 0.5) is 4.39 Å². The Kier molecular flexibility index (Phi) is 9.96. The quantitative estimate of drug-likeness (QED) is 0.219. The summed E-state index contributed by atoms with van der Waals surface area (Å²) < 4.78 is 17.3. The predicted octanol–water partition coefficient (Wildman–Crippen LogP) is 5.58.